The first-order valence-corrected chi connectivity index (χ1v) is 5.49. The Morgan fingerprint density at radius 1 is 1.37 bits per heavy atom. The molecule has 1 aromatic heterocycles. The first kappa shape index (κ1) is 13.1. The Kier molecular flexibility index (Phi) is 4.11. The predicted molar refractivity (Wildman–Crippen MR) is 62.7 cm³/mol. The van der Waals surface area contributed by atoms with Gasteiger partial charge >= 0.3 is 0 Å². The standard InChI is InChI=1S/C13H11FN2O3/c1-17-8-12-4-10(16-19-12)7-18-11-3-2-9(6-15)13(14)5-11/h2-5H,7-8H2,1H3. The molecule has 0 unspecified atom stereocenters. The number of rotatable bonds is 5. The van der Waals surface area contributed by atoms with Gasteiger partial charge in [0.2, 0.25) is 0 Å². The Morgan fingerprint density at radius 3 is 2.89 bits per heavy atom. The molecule has 0 saturated heterocycles. The van der Waals surface area contributed by atoms with Gasteiger partial charge in [0.15, 0.2) is 5.76 Å². The van der Waals surface area contributed by atoms with Crippen LogP contribution in [0.1, 0.15) is 17.0 Å². The maximum absolute atomic E-state index is 13.3. The zero-order valence-corrected chi connectivity index (χ0v) is 10.2. The lowest BCUT2D eigenvalue weighted by molar-refractivity contribution is 0.155. The van der Waals surface area contributed by atoms with E-state index >= 15 is 0 Å². The van der Waals surface area contributed by atoms with E-state index < -0.39 is 5.82 Å². The number of methoxy groups -OCH3 is 1. The maximum Gasteiger partial charge on any atom is 0.162 e. The van der Waals surface area contributed by atoms with Crippen molar-refractivity contribution < 1.29 is 18.4 Å². The average Bonchev–Trinajstić information content (AvgIpc) is 2.85. The van der Waals surface area contributed by atoms with Crippen molar-refractivity contribution in [2.75, 3.05) is 7.11 Å². The van der Waals surface area contributed by atoms with E-state index in [9.17, 15) is 4.39 Å². The van der Waals surface area contributed by atoms with Crippen LogP contribution >= 0.6 is 0 Å². The Bertz CT molecular complexity index is 604. The summed E-state index contributed by atoms with van der Waals surface area (Å²) in [6.07, 6.45) is 0. The van der Waals surface area contributed by atoms with E-state index in [1.165, 1.54) is 12.1 Å². The molecular formula is C13H11FN2O3. The summed E-state index contributed by atoms with van der Waals surface area (Å²) in [6.45, 7) is 0.483. The zero-order valence-electron chi connectivity index (χ0n) is 10.2. The molecule has 0 N–H and O–H groups in total. The number of benzene rings is 1. The van der Waals surface area contributed by atoms with Gasteiger partial charge in [-0.25, -0.2) is 4.39 Å². The minimum absolute atomic E-state index is 0.0174. The van der Waals surface area contributed by atoms with E-state index in [0.717, 1.165) is 6.07 Å². The summed E-state index contributed by atoms with van der Waals surface area (Å²) >= 11 is 0. The highest BCUT2D eigenvalue weighted by Gasteiger charge is 2.07. The number of hydrogen-bond acceptors (Lipinski definition) is 5. The van der Waals surface area contributed by atoms with Gasteiger partial charge in [-0.1, -0.05) is 5.16 Å². The molecule has 5 nitrogen and oxygen atoms in total. The Hall–Kier alpha value is -2.39. The smallest absolute Gasteiger partial charge is 0.162 e. The van der Waals surface area contributed by atoms with Crippen LogP contribution in [0, 0.1) is 17.1 Å². The molecule has 0 fully saturated rings. The molecule has 0 aliphatic carbocycles. The van der Waals surface area contributed by atoms with Crippen molar-refractivity contribution in [3.63, 3.8) is 0 Å². The lowest BCUT2D eigenvalue weighted by Crippen LogP contribution is -1.96. The molecule has 6 heteroatoms. The van der Waals surface area contributed by atoms with Crippen molar-refractivity contribution in [1.82, 2.24) is 5.16 Å². The highest BCUT2D eigenvalue weighted by Crippen LogP contribution is 2.17. The van der Waals surface area contributed by atoms with Crippen molar-refractivity contribution in [3.05, 3.63) is 47.1 Å². The van der Waals surface area contributed by atoms with Gasteiger partial charge in [-0.2, -0.15) is 5.26 Å². The van der Waals surface area contributed by atoms with E-state index in [0.29, 0.717) is 23.8 Å². The molecule has 1 aromatic carbocycles. The number of halogens is 1. The molecule has 98 valence electrons. The molecule has 0 amide bonds. The Morgan fingerprint density at radius 2 is 2.21 bits per heavy atom. The van der Waals surface area contributed by atoms with Gasteiger partial charge in [-0.15, -0.1) is 0 Å². The molecule has 0 spiro atoms. The van der Waals surface area contributed by atoms with Gasteiger partial charge in [0.1, 0.15) is 36.5 Å². The van der Waals surface area contributed by atoms with Gasteiger partial charge in [0.05, 0.1) is 5.56 Å². The van der Waals surface area contributed by atoms with Crippen LogP contribution in [0.2, 0.25) is 0 Å². The molecule has 0 saturated carbocycles. The van der Waals surface area contributed by atoms with Crippen LogP contribution < -0.4 is 4.74 Å². The van der Waals surface area contributed by atoms with E-state index in [1.54, 1.807) is 19.2 Å². The third-order valence-electron chi connectivity index (χ3n) is 2.34. The fourth-order valence-corrected chi connectivity index (χ4v) is 1.47. The fourth-order valence-electron chi connectivity index (χ4n) is 1.47. The number of nitrogens with zero attached hydrogens (tertiary/aromatic N) is 2. The van der Waals surface area contributed by atoms with E-state index in [1.807, 2.05) is 0 Å². The van der Waals surface area contributed by atoms with Crippen LogP contribution in [0.25, 0.3) is 0 Å². The molecule has 0 atom stereocenters. The van der Waals surface area contributed by atoms with Gasteiger partial charge < -0.3 is 14.0 Å². The summed E-state index contributed by atoms with van der Waals surface area (Å²) in [4.78, 5) is 0. The Balaban J connectivity index is 1.98. The molecule has 0 radical (unpaired) electrons. The molecule has 19 heavy (non-hydrogen) atoms. The summed E-state index contributed by atoms with van der Waals surface area (Å²) in [6, 6.07) is 7.49. The van der Waals surface area contributed by atoms with Crippen LogP contribution in [-0.4, -0.2) is 12.3 Å². The van der Waals surface area contributed by atoms with Gasteiger partial charge in [-0.3, -0.25) is 0 Å². The topological polar surface area (TPSA) is 68.3 Å². The fraction of sp³-hybridized carbons (Fsp3) is 0.231. The van der Waals surface area contributed by atoms with Crippen LogP contribution in [-0.2, 0) is 18.0 Å². The SMILES string of the molecule is COCc1cc(COc2ccc(C#N)c(F)c2)no1. The zero-order chi connectivity index (χ0) is 13.7. The summed E-state index contributed by atoms with van der Waals surface area (Å²) < 4.78 is 28.6. The van der Waals surface area contributed by atoms with Gasteiger partial charge in [-0.05, 0) is 12.1 Å². The normalized spacial score (nSPS) is 10.2. The van der Waals surface area contributed by atoms with Crippen molar-refractivity contribution in [2.24, 2.45) is 0 Å². The highest BCUT2D eigenvalue weighted by atomic mass is 19.1. The van der Waals surface area contributed by atoms with Crippen LogP contribution in [0.4, 0.5) is 4.39 Å². The molecular weight excluding hydrogens is 251 g/mol. The third kappa shape index (κ3) is 3.30. The average molecular weight is 262 g/mol. The predicted octanol–water partition coefficient (Wildman–Crippen LogP) is 2.41. The minimum Gasteiger partial charge on any atom is -0.487 e. The van der Waals surface area contributed by atoms with Crippen LogP contribution in [0.5, 0.6) is 5.75 Å². The molecule has 0 bridgehead atoms. The van der Waals surface area contributed by atoms with Crippen molar-refractivity contribution in [2.45, 2.75) is 13.2 Å². The lowest BCUT2D eigenvalue weighted by atomic mass is 10.2. The number of nitriles is 1. The molecule has 2 aromatic rings. The minimum atomic E-state index is -0.611. The molecule has 2 rings (SSSR count). The van der Waals surface area contributed by atoms with E-state index in [4.69, 9.17) is 19.3 Å². The maximum atomic E-state index is 13.3. The summed E-state index contributed by atoms with van der Waals surface area (Å²) in [5.41, 5.74) is 0.563. The second kappa shape index (κ2) is 5.98. The summed E-state index contributed by atoms with van der Waals surface area (Å²) in [5.74, 6) is 0.306. The van der Waals surface area contributed by atoms with Crippen molar-refractivity contribution in [3.8, 4) is 11.8 Å². The monoisotopic (exact) mass is 262 g/mol. The van der Waals surface area contributed by atoms with Crippen molar-refractivity contribution >= 4 is 0 Å². The number of aromatic nitrogens is 1. The Labute approximate surface area is 109 Å². The van der Waals surface area contributed by atoms with E-state index in [2.05, 4.69) is 5.16 Å². The first-order chi connectivity index (χ1) is 9.22. The van der Waals surface area contributed by atoms with Gasteiger partial charge in [0, 0.05) is 19.2 Å². The van der Waals surface area contributed by atoms with Crippen LogP contribution in [0.3, 0.4) is 0 Å². The summed E-state index contributed by atoms with van der Waals surface area (Å²) in [5, 5.41) is 12.4. The van der Waals surface area contributed by atoms with Gasteiger partial charge in [0.25, 0.3) is 0 Å². The van der Waals surface area contributed by atoms with Crippen LogP contribution in [0.15, 0.2) is 28.8 Å². The summed E-state index contributed by atoms with van der Waals surface area (Å²) in [7, 11) is 1.55. The molecule has 0 aliphatic heterocycles. The molecule has 0 aliphatic rings. The van der Waals surface area contributed by atoms with Crippen molar-refractivity contribution in [1.29, 1.82) is 5.26 Å². The van der Waals surface area contributed by atoms with E-state index in [-0.39, 0.29) is 12.2 Å². The second-order valence-electron chi connectivity index (χ2n) is 3.76. The molecule has 1 heterocycles. The third-order valence-corrected chi connectivity index (χ3v) is 2.34. The lowest BCUT2D eigenvalue weighted by Gasteiger charge is -2.03. The number of hydrogen-bond donors (Lipinski definition) is 0. The second-order valence-corrected chi connectivity index (χ2v) is 3.76. The quantitative estimate of drug-likeness (QED) is 0.827. The first-order valence-electron chi connectivity index (χ1n) is 5.49. The largest absolute Gasteiger partial charge is 0.487 e. The highest BCUT2D eigenvalue weighted by molar-refractivity contribution is 5.36. The number of ether oxygens (including phenoxy) is 2.